The molecule has 3 fully saturated rings. The third-order valence-corrected chi connectivity index (χ3v) is 7.36. The van der Waals surface area contributed by atoms with E-state index in [-0.39, 0.29) is 0 Å². The number of morpholine rings is 1. The molecule has 3 heterocycles. The van der Waals surface area contributed by atoms with Gasteiger partial charge in [0.25, 0.3) is 0 Å². The summed E-state index contributed by atoms with van der Waals surface area (Å²) in [6.45, 7) is 16.3. The summed E-state index contributed by atoms with van der Waals surface area (Å²) in [6.07, 6.45) is 6.89. The molecule has 4 nitrogen and oxygen atoms in total. The lowest BCUT2D eigenvalue weighted by atomic mass is 9.89. The molecular weight excluding hydrogens is 342 g/mol. The predicted octanol–water partition coefficient (Wildman–Crippen LogP) is 3.19. The van der Waals surface area contributed by atoms with Gasteiger partial charge in [-0.15, -0.1) is 0 Å². The predicted molar refractivity (Wildman–Crippen MR) is 113 cm³/mol. The molecule has 3 rings (SSSR count). The largest absolute Gasteiger partial charge is 0.379 e. The normalized spacial score (nSPS) is 33.2. The second-order valence-corrected chi connectivity index (χ2v) is 9.85. The van der Waals surface area contributed by atoms with Gasteiger partial charge in [-0.05, 0) is 77.8 Å². The minimum absolute atomic E-state index is 0.413. The van der Waals surface area contributed by atoms with Crippen LogP contribution in [0.1, 0.15) is 52.9 Å². The Morgan fingerprint density at radius 3 is 2.08 bits per heavy atom. The highest BCUT2D eigenvalue weighted by atomic mass is 32.1. The van der Waals surface area contributed by atoms with Gasteiger partial charge in [0.1, 0.15) is 0 Å². The summed E-state index contributed by atoms with van der Waals surface area (Å²) >= 11 is 4.62. The summed E-state index contributed by atoms with van der Waals surface area (Å²) in [7, 11) is 0. The van der Waals surface area contributed by atoms with Crippen molar-refractivity contribution in [2.24, 2.45) is 11.8 Å². The first-order valence-electron chi connectivity index (χ1n) is 11.0. The van der Waals surface area contributed by atoms with E-state index in [4.69, 9.17) is 4.74 Å². The smallest absolute Gasteiger partial charge is 0.0594 e. The Balaban J connectivity index is 1.42. The monoisotopic (exact) mass is 383 g/mol. The van der Waals surface area contributed by atoms with Crippen molar-refractivity contribution in [3.63, 3.8) is 0 Å². The summed E-state index contributed by atoms with van der Waals surface area (Å²) in [4.78, 5) is 7.97. The van der Waals surface area contributed by atoms with E-state index in [9.17, 15) is 0 Å². The highest BCUT2D eigenvalue weighted by Gasteiger charge is 2.30. The molecule has 3 aliphatic rings. The van der Waals surface area contributed by atoms with Gasteiger partial charge in [-0.3, -0.25) is 9.80 Å². The Morgan fingerprint density at radius 2 is 1.42 bits per heavy atom. The maximum atomic E-state index is 5.52. The molecule has 26 heavy (non-hydrogen) atoms. The van der Waals surface area contributed by atoms with Crippen molar-refractivity contribution >= 4 is 12.6 Å². The van der Waals surface area contributed by atoms with E-state index in [1.807, 2.05) is 0 Å². The number of nitrogens with zero attached hydrogens (tertiary/aromatic N) is 3. The van der Waals surface area contributed by atoms with Crippen LogP contribution in [0.15, 0.2) is 0 Å². The van der Waals surface area contributed by atoms with Gasteiger partial charge in [0.2, 0.25) is 0 Å². The van der Waals surface area contributed by atoms with Crippen LogP contribution in [0, 0.1) is 11.8 Å². The second kappa shape index (κ2) is 10.1. The van der Waals surface area contributed by atoms with Crippen molar-refractivity contribution < 1.29 is 4.74 Å². The van der Waals surface area contributed by atoms with Crippen LogP contribution in [0.5, 0.6) is 0 Å². The molecule has 0 aliphatic carbocycles. The van der Waals surface area contributed by atoms with Crippen LogP contribution in [0.3, 0.4) is 0 Å². The van der Waals surface area contributed by atoms with Gasteiger partial charge in [0, 0.05) is 43.6 Å². The van der Waals surface area contributed by atoms with Crippen molar-refractivity contribution in [1.82, 2.24) is 14.7 Å². The standard InChI is InChI=1S/C21H41N3OS/c1-17(22-9-11-25-12-10-22)13-20-5-4-7-23(15-20)18(2)14-21-6-8-24(16-21)19(3)26/h17-21,26H,4-16H2,1-3H3. The van der Waals surface area contributed by atoms with Crippen LogP contribution in [-0.4, -0.2) is 84.6 Å². The van der Waals surface area contributed by atoms with Crippen LogP contribution in [0.4, 0.5) is 0 Å². The molecule has 3 saturated heterocycles. The Kier molecular flexibility index (Phi) is 8.13. The molecule has 152 valence electrons. The zero-order chi connectivity index (χ0) is 18.5. The lowest BCUT2D eigenvalue weighted by Gasteiger charge is -2.40. The lowest BCUT2D eigenvalue weighted by molar-refractivity contribution is 0.0105. The van der Waals surface area contributed by atoms with Crippen molar-refractivity contribution in [2.75, 3.05) is 52.5 Å². The topological polar surface area (TPSA) is 19.0 Å². The van der Waals surface area contributed by atoms with E-state index in [0.29, 0.717) is 11.4 Å². The van der Waals surface area contributed by atoms with Crippen molar-refractivity contribution in [2.45, 2.75) is 70.3 Å². The van der Waals surface area contributed by atoms with Gasteiger partial charge in [0.15, 0.2) is 0 Å². The number of rotatable bonds is 7. The molecular formula is C21H41N3OS. The number of hydrogen-bond donors (Lipinski definition) is 1. The molecule has 3 aliphatic heterocycles. The fourth-order valence-corrected chi connectivity index (χ4v) is 5.58. The molecule has 0 aromatic heterocycles. The zero-order valence-corrected chi connectivity index (χ0v) is 18.2. The van der Waals surface area contributed by atoms with Gasteiger partial charge in [0.05, 0.1) is 13.2 Å². The highest BCUT2D eigenvalue weighted by molar-refractivity contribution is 7.80. The number of ether oxygens (including phenoxy) is 1. The van der Waals surface area contributed by atoms with Crippen molar-refractivity contribution in [3.05, 3.63) is 0 Å². The molecule has 5 heteroatoms. The van der Waals surface area contributed by atoms with Crippen molar-refractivity contribution in [3.8, 4) is 0 Å². The third kappa shape index (κ3) is 5.84. The van der Waals surface area contributed by atoms with Crippen LogP contribution in [0.25, 0.3) is 0 Å². The minimum atomic E-state index is 0.413. The summed E-state index contributed by atoms with van der Waals surface area (Å²) < 4.78 is 5.52. The van der Waals surface area contributed by atoms with Crippen LogP contribution < -0.4 is 0 Å². The molecule has 0 spiro atoms. The van der Waals surface area contributed by atoms with Gasteiger partial charge >= 0.3 is 0 Å². The number of piperidine rings is 1. The second-order valence-electron chi connectivity index (χ2n) is 9.10. The fourth-order valence-electron chi connectivity index (χ4n) is 5.37. The van der Waals surface area contributed by atoms with E-state index >= 15 is 0 Å². The van der Waals surface area contributed by atoms with Crippen molar-refractivity contribution in [1.29, 1.82) is 0 Å². The first-order chi connectivity index (χ1) is 12.5. The molecule has 0 aromatic carbocycles. The van der Waals surface area contributed by atoms with Gasteiger partial charge in [-0.25, -0.2) is 0 Å². The number of hydrogen-bond acceptors (Lipinski definition) is 5. The van der Waals surface area contributed by atoms with E-state index in [1.165, 1.54) is 58.3 Å². The average Bonchev–Trinajstić information content (AvgIpc) is 3.11. The van der Waals surface area contributed by atoms with Gasteiger partial charge in [-0.2, -0.15) is 12.6 Å². The zero-order valence-electron chi connectivity index (χ0n) is 17.3. The Hall–Kier alpha value is 0.190. The molecule has 0 N–H and O–H groups in total. The highest BCUT2D eigenvalue weighted by Crippen LogP contribution is 2.29. The molecule has 0 saturated carbocycles. The molecule has 0 bridgehead atoms. The Morgan fingerprint density at radius 1 is 0.808 bits per heavy atom. The maximum absolute atomic E-state index is 5.52. The van der Waals surface area contributed by atoms with E-state index < -0.39 is 0 Å². The Labute approximate surface area is 167 Å². The van der Waals surface area contributed by atoms with Gasteiger partial charge < -0.3 is 9.64 Å². The Bertz CT molecular complexity index is 416. The molecule has 0 aromatic rings. The maximum Gasteiger partial charge on any atom is 0.0594 e. The molecule has 0 amide bonds. The van der Waals surface area contributed by atoms with E-state index in [1.54, 1.807) is 0 Å². The number of likely N-dealkylation sites (tertiary alicyclic amines) is 2. The first kappa shape index (κ1) is 20.9. The summed E-state index contributed by atoms with van der Waals surface area (Å²) in [5, 5.41) is 0.413. The fraction of sp³-hybridized carbons (Fsp3) is 1.00. The summed E-state index contributed by atoms with van der Waals surface area (Å²) in [6, 6.07) is 1.44. The quantitative estimate of drug-likeness (QED) is 0.681. The van der Waals surface area contributed by atoms with E-state index in [2.05, 4.69) is 48.1 Å². The SMILES string of the molecule is CC(S)N1CCC(CC(C)N2CCCC(CC(C)N3CCOCC3)C2)C1. The summed E-state index contributed by atoms with van der Waals surface area (Å²) in [5.74, 6) is 1.74. The van der Waals surface area contributed by atoms with E-state index in [0.717, 1.165) is 44.2 Å². The minimum Gasteiger partial charge on any atom is -0.379 e. The first-order valence-corrected chi connectivity index (χ1v) is 11.5. The van der Waals surface area contributed by atoms with Gasteiger partial charge in [-0.1, -0.05) is 0 Å². The molecule has 5 atom stereocenters. The lowest BCUT2D eigenvalue weighted by Crippen LogP contribution is -2.46. The number of thiol groups is 1. The summed E-state index contributed by atoms with van der Waals surface area (Å²) in [5.41, 5.74) is 0. The third-order valence-electron chi connectivity index (χ3n) is 7.04. The molecule has 5 unspecified atom stereocenters. The van der Waals surface area contributed by atoms with Crippen LogP contribution in [0.2, 0.25) is 0 Å². The van der Waals surface area contributed by atoms with Crippen LogP contribution >= 0.6 is 12.6 Å². The van der Waals surface area contributed by atoms with Crippen LogP contribution in [-0.2, 0) is 4.74 Å². The molecule has 0 radical (unpaired) electrons. The average molecular weight is 384 g/mol.